The maximum Gasteiger partial charge on any atom is 0.308 e. The molecule has 0 atom stereocenters. The van der Waals surface area contributed by atoms with Gasteiger partial charge in [0.25, 0.3) is 0 Å². The van der Waals surface area contributed by atoms with E-state index in [2.05, 4.69) is 10.4 Å². The third-order valence-electron chi connectivity index (χ3n) is 3.85. The number of aromatic nitrogens is 2. The molecule has 0 saturated heterocycles. The normalized spacial score (nSPS) is 10.1. The van der Waals surface area contributed by atoms with E-state index >= 15 is 0 Å². The van der Waals surface area contributed by atoms with Gasteiger partial charge in [-0.1, -0.05) is 30.3 Å². The molecule has 0 unspecified atom stereocenters. The van der Waals surface area contributed by atoms with Crippen molar-refractivity contribution >= 4 is 23.4 Å². The smallest absolute Gasteiger partial charge is 0.308 e. The number of nitrogens with zero attached hydrogens (tertiary/aromatic N) is 3. The van der Waals surface area contributed by atoms with Crippen molar-refractivity contribution in [2.45, 2.75) is 13.3 Å². The van der Waals surface area contributed by atoms with Crippen LogP contribution < -0.4 is 15.8 Å². The van der Waals surface area contributed by atoms with Gasteiger partial charge in [0.1, 0.15) is 17.5 Å². The quantitative estimate of drug-likeness (QED) is 0.521. The first-order valence-corrected chi connectivity index (χ1v) is 8.39. The molecule has 0 saturated carbocycles. The van der Waals surface area contributed by atoms with E-state index in [4.69, 9.17) is 10.5 Å². The number of amides is 1. The average Bonchev–Trinajstić information content (AvgIpc) is 2.98. The molecule has 3 aromatic rings. The van der Waals surface area contributed by atoms with Gasteiger partial charge in [-0.15, -0.1) is 0 Å². The van der Waals surface area contributed by atoms with Crippen molar-refractivity contribution in [1.82, 2.24) is 9.78 Å². The van der Waals surface area contributed by atoms with Gasteiger partial charge in [-0.25, -0.2) is 4.68 Å². The van der Waals surface area contributed by atoms with E-state index < -0.39 is 11.9 Å². The minimum Gasteiger partial charge on any atom is -0.424 e. The maximum atomic E-state index is 12.5. The topological polar surface area (TPSA) is 123 Å². The highest BCUT2D eigenvalue weighted by molar-refractivity contribution is 5.94. The number of ether oxygens (including phenoxy) is 1. The summed E-state index contributed by atoms with van der Waals surface area (Å²) in [5.41, 5.74) is 7.47. The van der Waals surface area contributed by atoms with Crippen molar-refractivity contribution in [2.24, 2.45) is 0 Å². The number of hydrogen-bond acceptors (Lipinski definition) is 6. The summed E-state index contributed by atoms with van der Waals surface area (Å²) in [6, 6.07) is 17.6. The lowest BCUT2D eigenvalue weighted by molar-refractivity contribution is -0.131. The first kappa shape index (κ1) is 18.7. The van der Waals surface area contributed by atoms with Gasteiger partial charge in [-0.3, -0.25) is 9.59 Å². The molecule has 3 rings (SSSR count). The van der Waals surface area contributed by atoms with Gasteiger partial charge in [0.2, 0.25) is 5.91 Å². The third-order valence-corrected chi connectivity index (χ3v) is 3.85. The monoisotopic (exact) mass is 375 g/mol. The van der Waals surface area contributed by atoms with Crippen LogP contribution in [0.3, 0.4) is 0 Å². The molecule has 1 heterocycles. The Balaban J connectivity index is 1.84. The SMILES string of the molecule is CC(=O)Oc1ccccc1NC(=O)Cc1nn(-c2ccccc2)c(N)c1C#N. The third kappa shape index (κ3) is 3.99. The number of nitrogens with one attached hydrogen (secondary N) is 1. The van der Waals surface area contributed by atoms with Gasteiger partial charge in [-0.05, 0) is 24.3 Å². The zero-order valence-corrected chi connectivity index (χ0v) is 15.0. The lowest BCUT2D eigenvalue weighted by atomic mass is 10.2. The Hall–Kier alpha value is -4.12. The number of para-hydroxylation sites is 3. The molecule has 0 aliphatic heterocycles. The summed E-state index contributed by atoms with van der Waals surface area (Å²) in [4.78, 5) is 23.7. The van der Waals surface area contributed by atoms with Crippen LogP contribution in [-0.2, 0) is 16.0 Å². The standard InChI is InChI=1S/C20H17N5O3/c1-13(26)28-18-10-6-5-9-16(18)23-19(27)11-17-15(12-21)20(22)25(24-17)14-7-3-2-4-8-14/h2-10H,11,22H2,1H3,(H,23,27). The number of nitriles is 1. The molecule has 8 heteroatoms. The summed E-state index contributed by atoms with van der Waals surface area (Å²) in [6.45, 7) is 1.27. The first-order valence-electron chi connectivity index (χ1n) is 8.39. The number of carbonyl (C=O) groups is 2. The fourth-order valence-corrected chi connectivity index (χ4v) is 2.65. The van der Waals surface area contributed by atoms with E-state index in [1.54, 1.807) is 36.4 Å². The maximum absolute atomic E-state index is 12.5. The Morgan fingerprint density at radius 2 is 1.86 bits per heavy atom. The molecule has 0 aliphatic rings. The Morgan fingerprint density at radius 1 is 1.18 bits per heavy atom. The molecule has 140 valence electrons. The van der Waals surface area contributed by atoms with Crippen LogP contribution in [0.4, 0.5) is 11.5 Å². The summed E-state index contributed by atoms with van der Waals surface area (Å²) in [5, 5.41) is 16.4. The molecule has 0 aliphatic carbocycles. The van der Waals surface area contributed by atoms with Crippen LogP contribution >= 0.6 is 0 Å². The van der Waals surface area contributed by atoms with Crippen LogP contribution in [-0.4, -0.2) is 21.7 Å². The zero-order chi connectivity index (χ0) is 20.1. The predicted molar refractivity (Wildman–Crippen MR) is 103 cm³/mol. The van der Waals surface area contributed by atoms with Crippen molar-refractivity contribution in [2.75, 3.05) is 11.1 Å². The Labute approximate surface area is 161 Å². The highest BCUT2D eigenvalue weighted by Crippen LogP contribution is 2.25. The number of esters is 1. The molecular formula is C20H17N5O3. The fourth-order valence-electron chi connectivity index (χ4n) is 2.65. The van der Waals surface area contributed by atoms with Gasteiger partial charge in [-0.2, -0.15) is 10.4 Å². The molecule has 8 nitrogen and oxygen atoms in total. The molecule has 0 radical (unpaired) electrons. The molecule has 28 heavy (non-hydrogen) atoms. The van der Waals surface area contributed by atoms with E-state index in [9.17, 15) is 14.9 Å². The first-order chi connectivity index (χ1) is 13.5. The number of carbonyl (C=O) groups excluding carboxylic acids is 2. The lowest BCUT2D eigenvalue weighted by Crippen LogP contribution is -2.16. The van der Waals surface area contributed by atoms with E-state index in [0.717, 1.165) is 0 Å². The van der Waals surface area contributed by atoms with Crippen molar-refractivity contribution in [3.05, 3.63) is 65.9 Å². The number of nitrogens with two attached hydrogens (primary N) is 1. The van der Waals surface area contributed by atoms with E-state index in [-0.39, 0.29) is 29.2 Å². The molecule has 0 spiro atoms. The summed E-state index contributed by atoms with van der Waals surface area (Å²) in [5.74, 6) is -0.522. The summed E-state index contributed by atoms with van der Waals surface area (Å²) in [6.07, 6.45) is -0.165. The number of anilines is 2. The van der Waals surface area contributed by atoms with E-state index in [0.29, 0.717) is 11.4 Å². The van der Waals surface area contributed by atoms with Crippen LogP contribution in [0.5, 0.6) is 5.75 Å². The van der Waals surface area contributed by atoms with Gasteiger partial charge in [0.05, 0.1) is 23.5 Å². The highest BCUT2D eigenvalue weighted by Gasteiger charge is 2.19. The van der Waals surface area contributed by atoms with Crippen LogP contribution in [0.15, 0.2) is 54.6 Å². The molecule has 0 fully saturated rings. The van der Waals surface area contributed by atoms with Crippen LogP contribution in [0, 0.1) is 11.3 Å². The largest absolute Gasteiger partial charge is 0.424 e. The van der Waals surface area contributed by atoms with Gasteiger partial charge < -0.3 is 15.8 Å². The van der Waals surface area contributed by atoms with Gasteiger partial charge in [0, 0.05) is 6.92 Å². The molecular weight excluding hydrogens is 358 g/mol. The lowest BCUT2D eigenvalue weighted by Gasteiger charge is -2.09. The molecule has 2 aromatic carbocycles. The number of rotatable bonds is 5. The number of benzene rings is 2. The van der Waals surface area contributed by atoms with E-state index in [1.807, 2.05) is 24.3 Å². The van der Waals surface area contributed by atoms with Crippen molar-refractivity contribution in [3.63, 3.8) is 0 Å². The Kier molecular flexibility index (Phi) is 5.37. The number of nitrogen functional groups attached to an aromatic ring is 1. The van der Waals surface area contributed by atoms with Crippen LogP contribution in [0.1, 0.15) is 18.2 Å². The van der Waals surface area contributed by atoms with Crippen molar-refractivity contribution in [3.8, 4) is 17.5 Å². The predicted octanol–water partition coefficient (Wildman–Crippen LogP) is 2.43. The molecule has 1 amide bonds. The van der Waals surface area contributed by atoms with Crippen LogP contribution in [0.2, 0.25) is 0 Å². The average molecular weight is 375 g/mol. The summed E-state index contributed by atoms with van der Waals surface area (Å²) in [7, 11) is 0. The Morgan fingerprint density at radius 3 is 2.54 bits per heavy atom. The highest BCUT2D eigenvalue weighted by atomic mass is 16.5. The molecule has 0 bridgehead atoms. The van der Waals surface area contributed by atoms with E-state index in [1.165, 1.54) is 11.6 Å². The number of hydrogen-bond donors (Lipinski definition) is 2. The minimum absolute atomic E-state index is 0.146. The zero-order valence-electron chi connectivity index (χ0n) is 15.0. The second kappa shape index (κ2) is 8.05. The summed E-state index contributed by atoms with van der Waals surface area (Å²) < 4.78 is 6.50. The van der Waals surface area contributed by atoms with Gasteiger partial charge >= 0.3 is 5.97 Å². The fraction of sp³-hybridized carbons (Fsp3) is 0.100. The molecule has 1 aromatic heterocycles. The minimum atomic E-state index is -0.497. The second-order valence-corrected chi connectivity index (χ2v) is 5.88. The summed E-state index contributed by atoms with van der Waals surface area (Å²) >= 11 is 0. The Bertz CT molecular complexity index is 1070. The molecule has 3 N–H and O–H groups in total. The van der Waals surface area contributed by atoms with Crippen molar-refractivity contribution < 1.29 is 14.3 Å². The van der Waals surface area contributed by atoms with Crippen molar-refractivity contribution in [1.29, 1.82) is 5.26 Å². The van der Waals surface area contributed by atoms with Gasteiger partial charge in [0.15, 0.2) is 5.75 Å². The van der Waals surface area contributed by atoms with Crippen LogP contribution in [0.25, 0.3) is 5.69 Å². The second-order valence-electron chi connectivity index (χ2n) is 5.88.